The number of halogens is 2. The van der Waals surface area contributed by atoms with Crippen molar-refractivity contribution in [2.24, 2.45) is 5.92 Å². The highest BCUT2D eigenvalue weighted by atomic mass is 79.9. The van der Waals surface area contributed by atoms with Crippen LogP contribution >= 0.6 is 27.5 Å². The van der Waals surface area contributed by atoms with E-state index in [1.165, 1.54) is 41.3 Å². The lowest BCUT2D eigenvalue weighted by molar-refractivity contribution is 0.349. The SMILES string of the molecule is ClC1CCCCC(Cc2cc(Br)cc3c2OCC3)C1. The van der Waals surface area contributed by atoms with Crippen molar-refractivity contribution in [1.82, 2.24) is 0 Å². The summed E-state index contributed by atoms with van der Waals surface area (Å²) in [5.41, 5.74) is 2.73. The van der Waals surface area contributed by atoms with Crippen LogP contribution in [0, 0.1) is 5.92 Å². The highest BCUT2D eigenvalue weighted by Crippen LogP contribution is 2.37. The monoisotopic (exact) mass is 342 g/mol. The number of fused-ring (bicyclic) bond motifs is 1. The summed E-state index contributed by atoms with van der Waals surface area (Å²) in [6.45, 7) is 0.835. The maximum Gasteiger partial charge on any atom is 0.125 e. The molecule has 1 saturated carbocycles. The molecule has 1 aromatic carbocycles. The molecule has 0 radical (unpaired) electrons. The standard InChI is InChI=1S/C16H20BrClO/c17-14-9-12-5-6-19-16(12)13(10-14)7-11-3-1-2-4-15(18)8-11/h9-11,15H,1-8H2. The minimum atomic E-state index is 0.369. The summed E-state index contributed by atoms with van der Waals surface area (Å²) >= 11 is 10.0. The van der Waals surface area contributed by atoms with Crippen LogP contribution in [0.3, 0.4) is 0 Å². The molecule has 1 heterocycles. The van der Waals surface area contributed by atoms with Gasteiger partial charge < -0.3 is 4.74 Å². The number of ether oxygens (including phenoxy) is 1. The van der Waals surface area contributed by atoms with E-state index in [0.717, 1.165) is 31.6 Å². The van der Waals surface area contributed by atoms with Crippen LogP contribution in [0.15, 0.2) is 16.6 Å². The molecule has 0 bridgehead atoms. The Morgan fingerprint density at radius 1 is 1.26 bits per heavy atom. The van der Waals surface area contributed by atoms with Crippen LogP contribution in [0.4, 0.5) is 0 Å². The number of benzene rings is 1. The Morgan fingerprint density at radius 2 is 2.11 bits per heavy atom. The number of rotatable bonds is 2. The van der Waals surface area contributed by atoms with Crippen LogP contribution in [0.25, 0.3) is 0 Å². The van der Waals surface area contributed by atoms with Crippen molar-refractivity contribution in [2.45, 2.75) is 50.3 Å². The second kappa shape index (κ2) is 6.05. The summed E-state index contributed by atoms with van der Waals surface area (Å²) in [6.07, 6.45) is 8.43. The molecule has 0 spiro atoms. The molecule has 19 heavy (non-hydrogen) atoms. The first kappa shape index (κ1) is 13.8. The van der Waals surface area contributed by atoms with Gasteiger partial charge >= 0.3 is 0 Å². The third-order valence-electron chi connectivity index (χ3n) is 4.30. The zero-order valence-corrected chi connectivity index (χ0v) is 13.5. The molecule has 0 amide bonds. The number of alkyl halides is 1. The van der Waals surface area contributed by atoms with Gasteiger partial charge in [-0.1, -0.05) is 35.2 Å². The van der Waals surface area contributed by atoms with E-state index in [4.69, 9.17) is 16.3 Å². The first-order chi connectivity index (χ1) is 9.22. The number of hydrogen-bond donors (Lipinski definition) is 0. The van der Waals surface area contributed by atoms with Crippen molar-refractivity contribution in [3.05, 3.63) is 27.7 Å². The van der Waals surface area contributed by atoms with Crippen LogP contribution in [0.5, 0.6) is 5.75 Å². The molecule has 2 aliphatic rings. The van der Waals surface area contributed by atoms with Crippen molar-refractivity contribution in [2.75, 3.05) is 6.61 Å². The van der Waals surface area contributed by atoms with E-state index < -0.39 is 0 Å². The van der Waals surface area contributed by atoms with Gasteiger partial charge in [0, 0.05) is 16.3 Å². The first-order valence-electron chi connectivity index (χ1n) is 7.30. The molecular weight excluding hydrogens is 324 g/mol. The van der Waals surface area contributed by atoms with E-state index in [0.29, 0.717) is 11.3 Å². The molecule has 0 saturated heterocycles. The fourth-order valence-corrected chi connectivity index (χ4v) is 4.35. The second-order valence-electron chi connectivity index (χ2n) is 5.84. The van der Waals surface area contributed by atoms with Crippen LogP contribution < -0.4 is 4.74 Å². The molecule has 1 aliphatic carbocycles. The highest BCUT2D eigenvalue weighted by Gasteiger charge is 2.23. The van der Waals surface area contributed by atoms with E-state index in [1.54, 1.807) is 0 Å². The smallest absolute Gasteiger partial charge is 0.125 e. The third kappa shape index (κ3) is 3.28. The van der Waals surface area contributed by atoms with Gasteiger partial charge in [-0.3, -0.25) is 0 Å². The van der Waals surface area contributed by atoms with Gasteiger partial charge in [-0.25, -0.2) is 0 Å². The Kier molecular flexibility index (Phi) is 4.38. The highest BCUT2D eigenvalue weighted by molar-refractivity contribution is 9.10. The molecule has 3 heteroatoms. The maximum absolute atomic E-state index is 6.39. The van der Waals surface area contributed by atoms with Crippen molar-refractivity contribution in [3.63, 3.8) is 0 Å². The maximum atomic E-state index is 6.39. The van der Waals surface area contributed by atoms with Crippen molar-refractivity contribution < 1.29 is 4.74 Å². The van der Waals surface area contributed by atoms with Crippen molar-refractivity contribution in [1.29, 1.82) is 0 Å². The summed E-state index contributed by atoms with van der Waals surface area (Å²) in [6, 6.07) is 4.43. The fraction of sp³-hybridized carbons (Fsp3) is 0.625. The van der Waals surface area contributed by atoms with E-state index in [1.807, 2.05) is 0 Å². The zero-order valence-electron chi connectivity index (χ0n) is 11.1. The summed E-state index contributed by atoms with van der Waals surface area (Å²) in [4.78, 5) is 0. The average molecular weight is 344 g/mol. The summed E-state index contributed by atoms with van der Waals surface area (Å²) in [7, 11) is 0. The Morgan fingerprint density at radius 3 is 3.00 bits per heavy atom. The zero-order chi connectivity index (χ0) is 13.2. The molecule has 1 aliphatic heterocycles. The first-order valence-corrected chi connectivity index (χ1v) is 8.53. The molecule has 1 aromatic rings. The Labute approximate surface area is 128 Å². The summed E-state index contributed by atoms with van der Waals surface area (Å²) in [5, 5.41) is 0.369. The second-order valence-corrected chi connectivity index (χ2v) is 7.37. The topological polar surface area (TPSA) is 9.23 Å². The number of hydrogen-bond acceptors (Lipinski definition) is 1. The van der Waals surface area contributed by atoms with E-state index in [9.17, 15) is 0 Å². The van der Waals surface area contributed by atoms with Crippen molar-refractivity contribution in [3.8, 4) is 5.75 Å². The lowest BCUT2D eigenvalue weighted by atomic mass is 9.91. The van der Waals surface area contributed by atoms with Gasteiger partial charge in [0.2, 0.25) is 0 Å². The molecule has 104 valence electrons. The van der Waals surface area contributed by atoms with Gasteiger partial charge in [-0.05, 0) is 48.4 Å². The lowest BCUT2D eigenvalue weighted by Crippen LogP contribution is -2.09. The molecule has 2 unspecified atom stereocenters. The Balaban J connectivity index is 1.79. The minimum Gasteiger partial charge on any atom is -0.493 e. The molecule has 0 N–H and O–H groups in total. The van der Waals surface area contributed by atoms with E-state index >= 15 is 0 Å². The van der Waals surface area contributed by atoms with Gasteiger partial charge in [0.1, 0.15) is 5.75 Å². The normalized spacial score (nSPS) is 26.6. The van der Waals surface area contributed by atoms with Crippen LogP contribution in [-0.4, -0.2) is 12.0 Å². The molecule has 2 atom stereocenters. The van der Waals surface area contributed by atoms with Gasteiger partial charge in [0.25, 0.3) is 0 Å². The van der Waals surface area contributed by atoms with E-state index in [2.05, 4.69) is 28.1 Å². The van der Waals surface area contributed by atoms with Crippen LogP contribution in [0.2, 0.25) is 0 Å². The molecule has 1 nitrogen and oxygen atoms in total. The molecular formula is C16H20BrClO. The average Bonchev–Trinajstić information content (AvgIpc) is 2.73. The largest absolute Gasteiger partial charge is 0.493 e. The van der Waals surface area contributed by atoms with Gasteiger partial charge in [0.05, 0.1) is 6.61 Å². The molecule has 1 fully saturated rings. The predicted octanol–water partition coefficient (Wildman–Crippen LogP) is 5.11. The van der Waals surface area contributed by atoms with Gasteiger partial charge in [-0.2, -0.15) is 0 Å². The van der Waals surface area contributed by atoms with Crippen molar-refractivity contribution >= 4 is 27.5 Å². The predicted molar refractivity (Wildman–Crippen MR) is 83.3 cm³/mol. The summed E-state index contributed by atoms with van der Waals surface area (Å²) < 4.78 is 7.01. The fourth-order valence-electron chi connectivity index (χ4n) is 3.39. The molecule has 3 rings (SSSR count). The van der Waals surface area contributed by atoms with E-state index in [-0.39, 0.29) is 0 Å². The van der Waals surface area contributed by atoms with Gasteiger partial charge in [0.15, 0.2) is 0 Å². The van der Waals surface area contributed by atoms with Crippen LogP contribution in [-0.2, 0) is 12.8 Å². The van der Waals surface area contributed by atoms with Gasteiger partial charge in [-0.15, -0.1) is 11.6 Å². The Hall–Kier alpha value is -0.210. The third-order valence-corrected chi connectivity index (χ3v) is 5.16. The van der Waals surface area contributed by atoms with Crippen LogP contribution in [0.1, 0.15) is 43.2 Å². The lowest BCUT2D eigenvalue weighted by Gasteiger charge is -2.18. The minimum absolute atomic E-state index is 0.369. The quantitative estimate of drug-likeness (QED) is 0.535. The summed E-state index contributed by atoms with van der Waals surface area (Å²) in [5.74, 6) is 1.87. The molecule has 0 aromatic heterocycles. The Bertz CT molecular complexity index is 460.